The number of nitrogens with zero attached hydrogens (tertiary/aromatic N) is 2. The van der Waals surface area contributed by atoms with E-state index >= 15 is 0 Å². The number of aromatic amines is 2. The zero-order chi connectivity index (χ0) is 20.4. The van der Waals surface area contributed by atoms with Gasteiger partial charge in [-0.05, 0) is 50.4 Å². The van der Waals surface area contributed by atoms with E-state index in [4.69, 9.17) is 4.42 Å². The molecule has 1 aliphatic heterocycles. The largest absolute Gasteiger partial charge is 0.457 e. The van der Waals surface area contributed by atoms with Crippen molar-refractivity contribution in [1.82, 2.24) is 20.0 Å². The number of likely N-dealkylation sites (N-methyl/N-ethyl adjacent to an activating group) is 1. The van der Waals surface area contributed by atoms with Crippen LogP contribution in [0.2, 0.25) is 0 Å². The molecule has 0 spiro atoms. The highest BCUT2D eigenvalue weighted by atomic mass is 16.3. The molecule has 1 aromatic carbocycles. The van der Waals surface area contributed by atoms with Crippen LogP contribution in [0.3, 0.4) is 0 Å². The van der Waals surface area contributed by atoms with Crippen LogP contribution in [-0.4, -0.2) is 59.1 Å². The number of hydrogen-bond acceptors (Lipinski definition) is 4. The summed E-state index contributed by atoms with van der Waals surface area (Å²) in [4.78, 5) is 28.9. The quantitative estimate of drug-likeness (QED) is 0.696. The Morgan fingerprint density at radius 2 is 2.00 bits per heavy atom. The summed E-state index contributed by atoms with van der Waals surface area (Å²) in [6.07, 6.45) is 2.62. The molecule has 150 valence electrons. The summed E-state index contributed by atoms with van der Waals surface area (Å²) >= 11 is 0. The van der Waals surface area contributed by atoms with E-state index in [1.165, 1.54) is 0 Å². The average molecular weight is 392 g/mol. The van der Waals surface area contributed by atoms with E-state index in [2.05, 4.69) is 28.7 Å². The Kier molecular flexibility index (Phi) is 5.22. The van der Waals surface area contributed by atoms with E-state index < -0.39 is 0 Å². The third-order valence-corrected chi connectivity index (χ3v) is 5.21. The van der Waals surface area contributed by atoms with Gasteiger partial charge in [-0.1, -0.05) is 18.7 Å². The van der Waals surface area contributed by atoms with Gasteiger partial charge in [0, 0.05) is 30.8 Å². The molecule has 7 heteroatoms. The van der Waals surface area contributed by atoms with Crippen LogP contribution in [0.25, 0.3) is 24.0 Å². The zero-order valence-corrected chi connectivity index (χ0v) is 16.4. The fraction of sp³-hybridized carbons (Fsp3) is 0.273. The van der Waals surface area contributed by atoms with Gasteiger partial charge in [-0.15, -0.1) is 0 Å². The molecule has 29 heavy (non-hydrogen) atoms. The molecule has 7 nitrogen and oxygen atoms in total. The Bertz CT molecular complexity index is 1160. The highest BCUT2D eigenvalue weighted by Gasteiger charge is 2.19. The van der Waals surface area contributed by atoms with Crippen LogP contribution in [0.1, 0.15) is 22.5 Å². The summed E-state index contributed by atoms with van der Waals surface area (Å²) in [5.74, 6) is 1.22. The van der Waals surface area contributed by atoms with Crippen molar-refractivity contribution in [1.29, 1.82) is 0 Å². The molecule has 1 saturated heterocycles. The summed E-state index contributed by atoms with van der Waals surface area (Å²) in [5.41, 5.74) is 1.22. The molecule has 2 aromatic heterocycles. The molecule has 3 aromatic rings. The third kappa shape index (κ3) is 4.09. The predicted octanol–water partition coefficient (Wildman–Crippen LogP) is 0.980. The number of amides is 1. The van der Waals surface area contributed by atoms with Gasteiger partial charge < -0.3 is 14.2 Å². The van der Waals surface area contributed by atoms with Crippen LogP contribution < -0.4 is 16.1 Å². The SMILES string of the molecule is C=c1[nH][nH]c(=O)c1=Cc1ccc(-c2cccc(C(=O)N3CCCN(C)CC3)c2)o1. The first-order valence-electron chi connectivity index (χ1n) is 9.67. The summed E-state index contributed by atoms with van der Waals surface area (Å²) in [7, 11) is 2.08. The van der Waals surface area contributed by atoms with Gasteiger partial charge in [-0.3, -0.25) is 19.8 Å². The number of hydrogen-bond donors (Lipinski definition) is 2. The van der Waals surface area contributed by atoms with Crippen molar-refractivity contribution in [2.75, 3.05) is 33.2 Å². The number of H-pyrrole nitrogens is 2. The summed E-state index contributed by atoms with van der Waals surface area (Å²) < 4.78 is 5.89. The van der Waals surface area contributed by atoms with Crippen molar-refractivity contribution in [3.05, 3.63) is 68.6 Å². The van der Waals surface area contributed by atoms with E-state index in [1.54, 1.807) is 12.1 Å². The Morgan fingerprint density at radius 1 is 1.14 bits per heavy atom. The minimum atomic E-state index is -0.247. The van der Waals surface area contributed by atoms with Gasteiger partial charge in [0.1, 0.15) is 11.5 Å². The molecule has 0 atom stereocenters. The van der Waals surface area contributed by atoms with Crippen LogP contribution in [0.15, 0.2) is 45.6 Å². The number of nitrogens with one attached hydrogen (secondary N) is 2. The molecule has 1 aliphatic rings. The number of rotatable bonds is 3. The molecule has 1 fully saturated rings. The van der Waals surface area contributed by atoms with Gasteiger partial charge in [-0.2, -0.15) is 0 Å². The Labute approximate surface area is 167 Å². The van der Waals surface area contributed by atoms with Gasteiger partial charge in [0.2, 0.25) is 0 Å². The minimum Gasteiger partial charge on any atom is -0.457 e. The molecular formula is C22H24N4O3. The molecule has 2 N–H and O–H groups in total. The summed E-state index contributed by atoms with van der Waals surface area (Å²) in [6, 6.07) is 11.1. The Balaban J connectivity index is 1.59. The normalized spacial score (nSPS) is 16.2. The lowest BCUT2D eigenvalue weighted by atomic mass is 10.1. The fourth-order valence-corrected chi connectivity index (χ4v) is 3.52. The van der Waals surface area contributed by atoms with E-state index in [-0.39, 0.29) is 11.5 Å². The molecule has 0 aliphatic carbocycles. The van der Waals surface area contributed by atoms with Crippen LogP contribution in [0, 0.1) is 0 Å². The van der Waals surface area contributed by atoms with Crippen molar-refractivity contribution in [3.63, 3.8) is 0 Å². The van der Waals surface area contributed by atoms with E-state index in [9.17, 15) is 9.59 Å². The molecule has 0 saturated carbocycles. The van der Waals surface area contributed by atoms with Crippen LogP contribution >= 0.6 is 0 Å². The molecular weight excluding hydrogens is 368 g/mol. The predicted molar refractivity (Wildman–Crippen MR) is 112 cm³/mol. The van der Waals surface area contributed by atoms with Crippen molar-refractivity contribution in [2.45, 2.75) is 6.42 Å². The number of benzene rings is 1. The van der Waals surface area contributed by atoms with Gasteiger partial charge in [0.05, 0.1) is 10.6 Å². The smallest absolute Gasteiger partial charge is 0.271 e. The van der Waals surface area contributed by atoms with E-state index in [0.29, 0.717) is 27.7 Å². The van der Waals surface area contributed by atoms with Crippen LogP contribution in [0.5, 0.6) is 0 Å². The number of furan rings is 1. The molecule has 4 rings (SSSR count). The van der Waals surface area contributed by atoms with Gasteiger partial charge in [0.25, 0.3) is 11.5 Å². The van der Waals surface area contributed by atoms with Crippen molar-refractivity contribution in [2.24, 2.45) is 0 Å². The number of aromatic nitrogens is 2. The fourth-order valence-electron chi connectivity index (χ4n) is 3.52. The standard InChI is InChI=1S/C22H24N4O3/c1-15-19(21(27)24-23-15)14-18-7-8-20(29-18)16-5-3-6-17(13-16)22(28)26-10-4-9-25(2)11-12-26/h3,5-8,13-14,23H,1,4,9-12H2,2H3,(H,24,27). The van der Waals surface area contributed by atoms with Crippen molar-refractivity contribution >= 4 is 18.6 Å². The maximum atomic E-state index is 13.0. The van der Waals surface area contributed by atoms with E-state index in [1.807, 2.05) is 35.2 Å². The van der Waals surface area contributed by atoms with Crippen LogP contribution in [-0.2, 0) is 0 Å². The van der Waals surface area contributed by atoms with E-state index in [0.717, 1.165) is 38.2 Å². The lowest BCUT2D eigenvalue weighted by Crippen LogP contribution is -2.34. The van der Waals surface area contributed by atoms with Crippen molar-refractivity contribution < 1.29 is 9.21 Å². The monoisotopic (exact) mass is 392 g/mol. The third-order valence-electron chi connectivity index (χ3n) is 5.21. The first-order chi connectivity index (χ1) is 14.0. The molecule has 0 bridgehead atoms. The highest BCUT2D eigenvalue weighted by Crippen LogP contribution is 2.24. The second-order valence-electron chi connectivity index (χ2n) is 7.35. The van der Waals surface area contributed by atoms with Crippen molar-refractivity contribution in [3.8, 4) is 11.3 Å². The Morgan fingerprint density at radius 3 is 2.79 bits per heavy atom. The summed E-state index contributed by atoms with van der Waals surface area (Å²) in [6.45, 7) is 7.18. The first kappa shape index (κ1) is 19.0. The molecule has 1 amide bonds. The van der Waals surface area contributed by atoms with Gasteiger partial charge in [0.15, 0.2) is 0 Å². The number of carbonyl (C=O) groups is 1. The summed E-state index contributed by atoms with van der Waals surface area (Å²) in [5, 5.41) is 6.11. The minimum absolute atomic E-state index is 0.0426. The van der Waals surface area contributed by atoms with Gasteiger partial charge >= 0.3 is 0 Å². The zero-order valence-electron chi connectivity index (χ0n) is 16.4. The average Bonchev–Trinajstić information content (AvgIpc) is 3.25. The first-order valence-corrected chi connectivity index (χ1v) is 9.67. The lowest BCUT2D eigenvalue weighted by molar-refractivity contribution is 0.0763. The molecule has 0 unspecified atom stereocenters. The number of carbonyl (C=O) groups excluding carboxylic acids is 1. The topological polar surface area (TPSA) is 85.3 Å². The highest BCUT2D eigenvalue weighted by molar-refractivity contribution is 5.95. The maximum Gasteiger partial charge on any atom is 0.271 e. The second-order valence-corrected chi connectivity index (χ2v) is 7.35. The van der Waals surface area contributed by atoms with Crippen LogP contribution in [0.4, 0.5) is 0 Å². The molecule has 3 heterocycles. The maximum absolute atomic E-state index is 13.0. The Hall–Kier alpha value is -3.32. The van der Waals surface area contributed by atoms with Gasteiger partial charge in [-0.25, -0.2) is 0 Å². The second kappa shape index (κ2) is 7.97. The molecule has 0 radical (unpaired) electrons. The lowest BCUT2D eigenvalue weighted by Gasteiger charge is -2.20.